The van der Waals surface area contributed by atoms with Gasteiger partial charge in [0.15, 0.2) is 0 Å². The van der Waals surface area contributed by atoms with Gasteiger partial charge in [0.05, 0.1) is 17.5 Å². The summed E-state index contributed by atoms with van der Waals surface area (Å²) in [6, 6.07) is 14.6. The van der Waals surface area contributed by atoms with Crippen LogP contribution < -0.4 is 5.32 Å². The van der Waals surface area contributed by atoms with E-state index in [1.165, 1.54) is 11.3 Å². The number of fused-ring (bicyclic) bond motifs is 1. The lowest BCUT2D eigenvalue weighted by Crippen LogP contribution is -2.11. The zero-order valence-electron chi connectivity index (χ0n) is 12.9. The van der Waals surface area contributed by atoms with Crippen LogP contribution in [0.1, 0.15) is 21.2 Å². The van der Waals surface area contributed by atoms with E-state index in [1.807, 2.05) is 24.3 Å². The van der Waals surface area contributed by atoms with Gasteiger partial charge in [0, 0.05) is 10.6 Å². The van der Waals surface area contributed by atoms with Crippen molar-refractivity contribution in [2.45, 2.75) is 6.42 Å². The average molecular weight is 370 g/mol. The Bertz CT molecular complexity index is 1020. The highest BCUT2D eigenvalue weighted by atomic mass is 35.5. The van der Waals surface area contributed by atoms with Crippen LogP contribution in [0.25, 0.3) is 11.0 Å². The Labute approximate surface area is 151 Å². The quantitative estimate of drug-likeness (QED) is 0.571. The molecule has 124 valence electrons. The number of hydrogen-bond donors (Lipinski definition) is 2. The second-order valence-electron chi connectivity index (χ2n) is 5.34. The number of nitrogens with zero attached hydrogens (tertiary/aromatic N) is 3. The lowest BCUT2D eigenvalue weighted by atomic mass is 10.2. The van der Waals surface area contributed by atoms with Crippen molar-refractivity contribution in [3.05, 3.63) is 69.9 Å². The van der Waals surface area contributed by atoms with Crippen molar-refractivity contribution in [2.24, 2.45) is 0 Å². The van der Waals surface area contributed by atoms with Crippen LogP contribution in [0.4, 0.5) is 5.13 Å². The van der Waals surface area contributed by atoms with Crippen molar-refractivity contribution in [1.29, 1.82) is 0 Å². The molecule has 0 aliphatic carbocycles. The number of nitrogens with one attached hydrogen (secondary N) is 2. The summed E-state index contributed by atoms with van der Waals surface area (Å²) in [4.78, 5) is 20.0. The van der Waals surface area contributed by atoms with Crippen LogP contribution in [0.5, 0.6) is 0 Å². The van der Waals surface area contributed by atoms with Crippen LogP contribution in [-0.4, -0.2) is 26.1 Å². The smallest absolute Gasteiger partial charge is 0.257 e. The molecular weight excluding hydrogens is 358 g/mol. The Morgan fingerprint density at radius 1 is 1.16 bits per heavy atom. The van der Waals surface area contributed by atoms with Gasteiger partial charge in [-0.05, 0) is 30.3 Å². The predicted molar refractivity (Wildman–Crippen MR) is 98.2 cm³/mol. The second-order valence-corrected chi connectivity index (χ2v) is 6.84. The van der Waals surface area contributed by atoms with Crippen molar-refractivity contribution in [2.75, 3.05) is 5.32 Å². The monoisotopic (exact) mass is 369 g/mol. The molecule has 4 rings (SSSR count). The molecule has 0 aliphatic rings. The highest BCUT2D eigenvalue weighted by molar-refractivity contribution is 7.15. The van der Waals surface area contributed by atoms with Crippen molar-refractivity contribution < 1.29 is 4.79 Å². The van der Waals surface area contributed by atoms with Gasteiger partial charge in [-0.1, -0.05) is 41.1 Å². The highest BCUT2D eigenvalue weighted by Gasteiger charge is 2.12. The Morgan fingerprint density at radius 2 is 2.04 bits per heavy atom. The molecule has 2 aromatic carbocycles. The van der Waals surface area contributed by atoms with Gasteiger partial charge in [0.25, 0.3) is 5.91 Å². The summed E-state index contributed by atoms with van der Waals surface area (Å²) in [5.41, 5.74) is 2.37. The number of carbonyl (C=O) groups is 1. The van der Waals surface area contributed by atoms with Gasteiger partial charge >= 0.3 is 0 Å². The van der Waals surface area contributed by atoms with Gasteiger partial charge in [-0.3, -0.25) is 10.1 Å². The van der Waals surface area contributed by atoms with E-state index in [0.29, 0.717) is 22.1 Å². The van der Waals surface area contributed by atoms with Crippen LogP contribution in [0.3, 0.4) is 0 Å². The second kappa shape index (κ2) is 6.62. The minimum absolute atomic E-state index is 0.270. The van der Waals surface area contributed by atoms with Crippen LogP contribution in [0, 0.1) is 0 Å². The van der Waals surface area contributed by atoms with Crippen LogP contribution in [0.2, 0.25) is 5.02 Å². The molecule has 0 unspecified atom stereocenters. The van der Waals surface area contributed by atoms with Crippen molar-refractivity contribution in [3.8, 4) is 0 Å². The summed E-state index contributed by atoms with van der Waals surface area (Å²) in [5.74, 6) is 0.541. The first-order valence-corrected chi connectivity index (χ1v) is 8.70. The number of imidazole rings is 1. The molecule has 2 heterocycles. The first kappa shape index (κ1) is 15.7. The maximum absolute atomic E-state index is 12.2. The molecule has 0 spiro atoms. The number of aromatic amines is 1. The van der Waals surface area contributed by atoms with E-state index in [4.69, 9.17) is 11.6 Å². The molecule has 0 saturated carbocycles. The molecular formula is C17H12ClN5OS. The molecule has 25 heavy (non-hydrogen) atoms. The number of rotatable bonds is 4. The van der Waals surface area contributed by atoms with Gasteiger partial charge in [-0.25, -0.2) is 4.98 Å². The van der Waals surface area contributed by atoms with E-state index in [0.717, 1.165) is 21.9 Å². The summed E-state index contributed by atoms with van der Waals surface area (Å²) in [6.45, 7) is 0. The summed E-state index contributed by atoms with van der Waals surface area (Å²) in [6.07, 6.45) is 0.527. The van der Waals surface area contributed by atoms with E-state index < -0.39 is 0 Å². The highest BCUT2D eigenvalue weighted by Crippen LogP contribution is 2.20. The summed E-state index contributed by atoms with van der Waals surface area (Å²) in [7, 11) is 0. The Morgan fingerprint density at radius 3 is 2.88 bits per heavy atom. The van der Waals surface area contributed by atoms with E-state index in [9.17, 15) is 4.79 Å². The standard InChI is InChI=1S/C17H12ClN5OS/c18-11-5-3-4-10(8-11)16(24)21-17-23-22-15(25-17)9-14-19-12-6-1-2-7-13(12)20-14/h1-8H,9H2,(H,19,20)(H,21,23,24). The van der Waals surface area contributed by atoms with E-state index in [-0.39, 0.29) is 5.91 Å². The van der Waals surface area contributed by atoms with Crippen LogP contribution in [-0.2, 0) is 6.42 Å². The first-order valence-electron chi connectivity index (χ1n) is 7.50. The van der Waals surface area contributed by atoms with Crippen LogP contribution >= 0.6 is 22.9 Å². The molecule has 0 atom stereocenters. The number of aromatic nitrogens is 4. The normalized spacial score (nSPS) is 10.9. The van der Waals surface area contributed by atoms with E-state index >= 15 is 0 Å². The van der Waals surface area contributed by atoms with Gasteiger partial charge in [-0.15, -0.1) is 10.2 Å². The zero-order chi connectivity index (χ0) is 17.2. The Kier molecular flexibility index (Phi) is 4.17. The Hall–Kier alpha value is -2.77. The van der Waals surface area contributed by atoms with Gasteiger partial charge in [0.2, 0.25) is 5.13 Å². The fourth-order valence-corrected chi connectivity index (χ4v) is 3.34. The fourth-order valence-electron chi connectivity index (χ4n) is 2.41. The first-order chi connectivity index (χ1) is 12.2. The van der Waals surface area contributed by atoms with Gasteiger partial charge in [-0.2, -0.15) is 0 Å². The number of carbonyl (C=O) groups excluding carboxylic acids is 1. The number of para-hydroxylation sites is 2. The number of H-pyrrole nitrogens is 1. The number of benzene rings is 2. The topological polar surface area (TPSA) is 83.6 Å². The lowest BCUT2D eigenvalue weighted by molar-refractivity contribution is 0.102. The third-order valence-electron chi connectivity index (χ3n) is 3.53. The number of halogens is 1. The summed E-state index contributed by atoms with van der Waals surface area (Å²) >= 11 is 7.22. The van der Waals surface area contributed by atoms with Crippen LogP contribution in [0.15, 0.2) is 48.5 Å². The molecule has 4 aromatic rings. The molecule has 6 nitrogen and oxygen atoms in total. The third kappa shape index (κ3) is 3.52. The summed E-state index contributed by atoms with van der Waals surface area (Å²) in [5, 5.41) is 12.6. The number of hydrogen-bond acceptors (Lipinski definition) is 5. The largest absolute Gasteiger partial charge is 0.342 e. The molecule has 8 heteroatoms. The van der Waals surface area contributed by atoms with E-state index in [1.54, 1.807) is 24.3 Å². The third-order valence-corrected chi connectivity index (χ3v) is 4.60. The van der Waals surface area contributed by atoms with Crippen molar-refractivity contribution >= 4 is 45.0 Å². The lowest BCUT2D eigenvalue weighted by Gasteiger charge is -2.00. The predicted octanol–water partition coefficient (Wildman–Crippen LogP) is 3.91. The SMILES string of the molecule is O=C(Nc1nnc(Cc2nc3ccccc3[nH]2)s1)c1cccc(Cl)c1. The average Bonchev–Trinajstić information content (AvgIpc) is 3.21. The molecule has 0 radical (unpaired) electrons. The van der Waals surface area contributed by atoms with Crippen molar-refractivity contribution in [1.82, 2.24) is 20.2 Å². The summed E-state index contributed by atoms with van der Waals surface area (Å²) < 4.78 is 0. The number of amides is 1. The molecule has 0 saturated heterocycles. The maximum Gasteiger partial charge on any atom is 0.257 e. The molecule has 0 bridgehead atoms. The van der Waals surface area contributed by atoms with Gasteiger partial charge in [0.1, 0.15) is 10.8 Å². The van der Waals surface area contributed by atoms with Gasteiger partial charge < -0.3 is 4.98 Å². The fraction of sp³-hybridized carbons (Fsp3) is 0.0588. The molecule has 2 N–H and O–H groups in total. The molecule has 0 fully saturated rings. The number of anilines is 1. The molecule has 0 aliphatic heterocycles. The minimum atomic E-state index is -0.270. The molecule has 1 amide bonds. The minimum Gasteiger partial charge on any atom is -0.342 e. The maximum atomic E-state index is 12.2. The zero-order valence-corrected chi connectivity index (χ0v) is 14.4. The molecule has 2 aromatic heterocycles. The Balaban J connectivity index is 1.47. The van der Waals surface area contributed by atoms with Crippen molar-refractivity contribution in [3.63, 3.8) is 0 Å². The van der Waals surface area contributed by atoms with E-state index in [2.05, 4.69) is 25.5 Å².